The molecule has 84 valence electrons. The van der Waals surface area contributed by atoms with Crippen LogP contribution in [0.4, 0.5) is 0 Å². The van der Waals surface area contributed by atoms with E-state index in [9.17, 15) is 0 Å². The Morgan fingerprint density at radius 3 is 2.73 bits per heavy atom. The van der Waals surface area contributed by atoms with Crippen LogP contribution in [-0.4, -0.2) is 24.0 Å². The maximum atomic E-state index is 5.93. The third kappa shape index (κ3) is 2.08. The van der Waals surface area contributed by atoms with Crippen molar-refractivity contribution in [3.8, 4) is 0 Å². The lowest BCUT2D eigenvalue weighted by molar-refractivity contribution is 0.115. The van der Waals surface area contributed by atoms with Crippen LogP contribution in [0.5, 0.6) is 0 Å². The number of nitrogens with two attached hydrogens (primary N) is 1. The van der Waals surface area contributed by atoms with Crippen molar-refractivity contribution in [1.82, 2.24) is 4.90 Å². The molecule has 1 aromatic rings. The molecule has 0 unspecified atom stereocenters. The normalized spacial score (nSPS) is 19.9. The van der Waals surface area contributed by atoms with Gasteiger partial charge in [-0.1, -0.05) is 12.8 Å². The molecule has 1 heterocycles. The number of furan rings is 1. The molecule has 1 aromatic heterocycles. The quantitative estimate of drug-likeness (QED) is 0.822. The predicted octanol–water partition coefficient (Wildman–Crippen LogP) is 1.98. The monoisotopic (exact) mass is 208 g/mol. The summed E-state index contributed by atoms with van der Waals surface area (Å²) in [6.45, 7) is 1.62. The van der Waals surface area contributed by atoms with Crippen LogP contribution in [0.3, 0.4) is 0 Å². The van der Waals surface area contributed by atoms with Crippen LogP contribution in [0, 0.1) is 0 Å². The largest absolute Gasteiger partial charge is 0.468 e. The second-order valence-electron chi connectivity index (χ2n) is 4.57. The zero-order chi connectivity index (χ0) is 10.7. The molecule has 1 saturated carbocycles. The molecule has 3 nitrogen and oxygen atoms in total. The van der Waals surface area contributed by atoms with E-state index in [-0.39, 0.29) is 5.54 Å². The van der Waals surface area contributed by atoms with Gasteiger partial charge in [0.2, 0.25) is 0 Å². The van der Waals surface area contributed by atoms with Gasteiger partial charge >= 0.3 is 0 Å². The Labute approximate surface area is 91.2 Å². The SMILES string of the molecule is CN(Cc1ccco1)C1(CN)CCCC1. The van der Waals surface area contributed by atoms with Gasteiger partial charge in [-0.2, -0.15) is 0 Å². The van der Waals surface area contributed by atoms with Gasteiger partial charge in [-0.3, -0.25) is 4.90 Å². The smallest absolute Gasteiger partial charge is 0.117 e. The molecule has 0 saturated heterocycles. The fourth-order valence-corrected chi connectivity index (χ4v) is 2.58. The Bertz CT molecular complexity index is 289. The highest BCUT2D eigenvalue weighted by atomic mass is 16.3. The molecule has 0 radical (unpaired) electrons. The van der Waals surface area contributed by atoms with Crippen LogP contribution < -0.4 is 5.73 Å². The summed E-state index contributed by atoms with van der Waals surface area (Å²) in [5, 5.41) is 0. The third-order valence-corrected chi connectivity index (χ3v) is 3.70. The summed E-state index contributed by atoms with van der Waals surface area (Å²) >= 11 is 0. The molecule has 0 aliphatic heterocycles. The first-order chi connectivity index (χ1) is 7.27. The summed E-state index contributed by atoms with van der Waals surface area (Å²) in [7, 11) is 2.15. The van der Waals surface area contributed by atoms with E-state index < -0.39 is 0 Å². The summed E-state index contributed by atoms with van der Waals surface area (Å²) in [6.07, 6.45) is 6.79. The molecule has 0 aromatic carbocycles. The molecule has 2 rings (SSSR count). The van der Waals surface area contributed by atoms with Crippen molar-refractivity contribution in [2.45, 2.75) is 37.8 Å². The number of hydrogen-bond donors (Lipinski definition) is 1. The maximum absolute atomic E-state index is 5.93. The summed E-state index contributed by atoms with van der Waals surface area (Å²) in [5.41, 5.74) is 6.14. The molecule has 15 heavy (non-hydrogen) atoms. The number of rotatable bonds is 4. The molecule has 2 N–H and O–H groups in total. The highest BCUT2D eigenvalue weighted by molar-refractivity contribution is 5.01. The second kappa shape index (κ2) is 4.37. The van der Waals surface area contributed by atoms with E-state index >= 15 is 0 Å². The van der Waals surface area contributed by atoms with Crippen LogP contribution in [0.25, 0.3) is 0 Å². The van der Waals surface area contributed by atoms with Crippen LogP contribution in [0.15, 0.2) is 22.8 Å². The zero-order valence-electron chi connectivity index (χ0n) is 9.41. The molecular weight excluding hydrogens is 188 g/mol. The van der Waals surface area contributed by atoms with Crippen molar-refractivity contribution in [2.24, 2.45) is 5.73 Å². The van der Waals surface area contributed by atoms with Crippen LogP contribution in [0.1, 0.15) is 31.4 Å². The van der Waals surface area contributed by atoms with Gasteiger partial charge in [0.15, 0.2) is 0 Å². The van der Waals surface area contributed by atoms with Crippen molar-refractivity contribution in [3.05, 3.63) is 24.2 Å². The van der Waals surface area contributed by atoms with Gasteiger partial charge < -0.3 is 10.2 Å². The van der Waals surface area contributed by atoms with Gasteiger partial charge in [0.1, 0.15) is 5.76 Å². The van der Waals surface area contributed by atoms with Crippen molar-refractivity contribution < 1.29 is 4.42 Å². The molecule has 0 bridgehead atoms. The minimum absolute atomic E-state index is 0.215. The van der Waals surface area contributed by atoms with Crippen molar-refractivity contribution in [3.63, 3.8) is 0 Å². The zero-order valence-corrected chi connectivity index (χ0v) is 9.41. The van der Waals surface area contributed by atoms with E-state index in [1.54, 1.807) is 6.26 Å². The van der Waals surface area contributed by atoms with Crippen LogP contribution in [0.2, 0.25) is 0 Å². The highest BCUT2D eigenvalue weighted by Crippen LogP contribution is 2.34. The summed E-state index contributed by atoms with van der Waals surface area (Å²) in [4.78, 5) is 2.36. The Morgan fingerprint density at radius 2 is 2.20 bits per heavy atom. The molecule has 1 fully saturated rings. The van der Waals surface area contributed by atoms with E-state index in [1.165, 1.54) is 25.7 Å². The Morgan fingerprint density at radius 1 is 1.47 bits per heavy atom. The van der Waals surface area contributed by atoms with E-state index in [1.807, 2.05) is 12.1 Å². The van der Waals surface area contributed by atoms with Crippen LogP contribution >= 0.6 is 0 Å². The maximum Gasteiger partial charge on any atom is 0.117 e. The van der Waals surface area contributed by atoms with Gasteiger partial charge in [-0.05, 0) is 32.0 Å². The van der Waals surface area contributed by atoms with Crippen molar-refractivity contribution >= 4 is 0 Å². The Hall–Kier alpha value is -0.800. The molecule has 0 atom stereocenters. The molecule has 1 aliphatic rings. The third-order valence-electron chi connectivity index (χ3n) is 3.70. The van der Waals surface area contributed by atoms with E-state index in [2.05, 4.69) is 11.9 Å². The topological polar surface area (TPSA) is 42.4 Å². The molecule has 1 aliphatic carbocycles. The average Bonchev–Trinajstić information content (AvgIpc) is 2.87. The molecule has 0 spiro atoms. The van der Waals surface area contributed by atoms with Gasteiger partial charge in [0.05, 0.1) is 12.8 Å². The fraction of sp³-hybridized carbons (Fsp3) is 0.667. The number of hydrogen-bond acceptors (Lipinski definition) is 3. The number of nitrogens with zero attached hydrogens (tertiary/aromatic N) is 1. The highest BCUT2D eigenvalue weighted by Gasteiger charge is 2.36. The summed E-state index contributed by atoms with van der Waals surface area (Å²) in [6, 6.07) is 3.96. The Balaban J connectivity index is 2.02. The van der Waals surface area contributed by atoms with Crippen molar-refractivity contribution in [2.75, 3.05) is 13.6 Å². The Kier molecular flexibility index (Phi) is 3.12. The lowest BCUT2D eigenvalue weighted by Crippen LogP contribution is -2.49. The van der Waals surface area contributed by atoms with Gasteiger partial charge in [-0.15, -0.1) is 0 Å². The minimum atomic E-state index is 0.215. The lowest BCUT2D eigenvalue weighted by Gasteiger charge is -2.37. The number of likely N-dealkylation sites (N-methyl/N-ethyl adjacent to an activating group) is 1. The molecule has 3 heteroatoms. The van der Waals surface area contributed by atoms with E-state index in [0.717, 1.165) is 18.8 Å². The van der Waals surface area contributed by atoms with E-state index in [4.69, 9.17) is 10.2 Å². The molecule has 0 amide bonds. The lowest BCUT2D eigenvalue weighted by atomic mass is 9.95. The van der Waals surface area contributed by atoms with Gasteiger partial charge in [0, 0.05) is 12.1 Å². The van der Waals surface area contributed by atoms with Gasteiger partial charge in [-0.25, -0.2) is 0 Å². The standard InChI is InChI=1S/C12H20N2O/c1-14(9-11-5-4-8-15-11)12(10-13)6-2-3-7-12/h4-5,8H,2-3,6-7,9-10,13H2,1H3. The first kappa shape index (κ1) is 10.7. The summed E-state index contributed by atoms with van der Waals surface area (Å²) < 4.78 is 5.37. The summed E-state index contributed by atoms with van der Waals surface area (Å²) in [5.74, 6) is 1.03. The van der Waals surface area contributed by atoms with E-state index in [0.29, 0.717) is 0 Å². The first-order valence-corrected chi connectivity index (χ1v) is 5.70. The minimum Gasteiger partial charge on any atom is -0.468 e. The van der Waals surface area contributed by atoms with Gasteiger partial charge in [0.25, 0.3) is 0 Å². The predicted molar refractivity (Wildman–Crippen MR) is 60.4 cm³/mol. The fourth-order valence-electron chi connectivity index (χ4n) is 2.58. The average molecular weight is 208 g/mol. The first-order valence-electron chi connectivity index (χ1n) is 5.70. The van der Waals surface area contributed by atoms with Crippen molar-refractivity contribution in [1.29, 1.82) is 0 Å². The molecular formula is C12H20N2O. The second-order valence-corrected chi connectivity index (χ2v) is 4.57. The van der Waals surface area contributed by atoms with Crippen LogP contribution in [-0.2, 0) is 6.54 Å².